The van der Waals surface area contributed by atoms with Gasteiger partial charge in [0.15, 0.2) is 0 Å². The van der Waals surface area contributed by atoms with Gasteiger partial charge >= 0.3 is 0 Å². The molecule has 1 aliphatic heterocycles. The maximum Gasteiger partial charge on any atom is 0.255 e. The number of rotatable bonds is 11. The molecule has 2 heterocycles. The Hall–Kier alpha value is -3.26. The van der Waals surface area contributed by atoms with E-state index in [9.17, 15) is 4.79 Å². The maximum atomic E-state index is 13.8. The third-order valence-electron chi connectivity index (χ3n) is 6.05. The summed E-state index contributed by atoms with van der Waals surface area (Å²) in [5.74, 6) is 2.16. The molecule has 1 aliphatic rings. The van der Waals surface area contributed by atoms with E-state index in [1.165, 1.54) is 0 Å². The van der Waals surface area contributed by atoms with Gasteiger partial charge in [0.2, 0.25) is 11.1 Å². The number of unbranched alkanes of at least 4 members (excludes halogenated alkanes) is 2. The maximum absolute atomic E-state index is 13.8. The smallest absolute Gasteiger partial charge is 0.255 e. The lowest BCUT2D eigenvalue weighted by Gasteiger charge is -2.29. The molecule has 0 aliphatic carbocycles. The topological polar surface area (TPSA) is 81.1 Å². The molecule has 1 atom stereocenters. The van der Waals surface area contributed by atoms with Crippen LogP contribution in [-0.2, 0) is 4.79 Å². The zero-order chi connectivity index (χ0) is 25.5. The van der Waals surface area contributed by atoms with Crippen molar-refractivity contribution in [1.29, 1.82) is 0 Å². The third-order valence-corrected chi connectivity index (χ3v) is 6.98. The highest BCUT2D eigenvalue weighted by Gasteiger charge is 2.36. The molecule has 1 unspecified atom stereocenters. The van der Waals surface area contributed by atoms with Crippen LogP contribution in [0.25, 0.3) is 0 Å². The van der Waals surface area contributed by atoms with E-state index < -0.39 is 6.04 Å². The number of allylic oxidation sites excluding steroid dienone is 1. The summed E-state index contributed by atoms with van der Waals surface area (Å²) in [6.45, 7) is 8.86. The standard InChI is InChI=1S/C28H35N5O2S/c1-5-7-16-35-23-15-10-9-14-22(23)25-24(26(34)30-21-13-11-12-19(3)18-21)20(4)29-27-31-28(32-33(25)27)36-17-8-6-2/h9-15,18,25H,5-8,16-17H2,1-4H3,(H,30,34)(H,29,31,32). The Morgan fingerprint density at radius 2 is 1.92 bits per heavy atom. The molecule has 1 amide bonds. The Kier molecular flexibility index (Phi) is 8.70. The quantitative estimate of drug-likeness (QED) is 0.226. The average Bonchev–Trinajstić information content (AvgIpc) is 3.26. The lowest BCUT2D eigenvalue weighted by atomic mass is 9.94. The molecule has 4 rings (SSSR count). The van der Waals surface area contributed by atoms with Crippen LogP contribution in [0, 0.1) is 6.92 Å². The summed E-state index contributed by atoms with van der Waals surface area (Å²) in [5.41, 5.74) is 4.06. The Labute approximate surface area is 217 Å². The minimum atomic E-state index is -0.475. The number of aromatic nitrogens is 3. The summed E-state index contributed by atoms with van der Waals surface area (Å²) in [6.07, 6.45) is 4.22. The van der Waals surface area contributed by atoms with Gasteiger partial charge in [-0.2, -0.15) is 4.98 Å². The van der Waals surface area contributed by atoms with Gasteiger partial charge in [0.05, 0.1) is 12.2 Å². The summed E-state index contributed by atoms with van der Waals surface area (Å²) in [7, 11) is 0. The Morgan fingerprint density at radius 3 is 2.69 bits per heavy atom. The number of hydrogen-bond donors (Lipinski definition) is 2. The van der Waals surface area contributed by atoms with Crippen molar-refractivity contribution in [2.24, 2.45) is 0 Å². The molecule has 1 aromatic heterocycles. The number of hydrogen-bond acceptors (Lipinski definition) is 6. The minimum absolute atomic E-state index is 0.180. The number of para-hydroxylation sites is 1. The van der Waals surface area contributed by atoms with Crippen molar-refractivity contribution in [2.75, 3.05) is 23.0 Å². The number of fused-ring (bicyclic) bond motifs is 1. The van der Waals surface area contributed by atoms with Gasteiger partial charge in [-0.15, -0.1) is 5.10 Å². The first-order chi connectivity index (χ1) is 17.5. The molecule has 0 bridgehead atoms. The number of benzene rings is 2. The summed E-state index contributed by atoms with van der Waals surface area (Å²) in [6, 6.07) is 15.2. The number of ether oxygens (including phenoxy) is 1. The van der Waals surface area contributed by atoms with E-state index in [1.54, 1.807) is 11.8 Å². The highest BCUT2D eigenvalue weighted by Crippen LogP contribution is 2.40. The van der Waals surface area contributed by atoms with E-state index >= 15 is 0 Å². The lowest BCUT2D eigenvalue weighted by Crippen LogP contribution is -2.31. The van der Waals surface area contributed by atoms with Crippen molar-refractivity contribution in [1.82, 2.24) is 14.8 Å². The second-order valence-corrected chi connectivity index (χ2v) is 10.1. The molecule has 8 heteroatoms. The van der Waals surface area contributed by atoms with E-state index in [4.69, 9.17) is 14.8 Å². The van der Waals surface area contributed by atoms with Gasteiger partial charge in [0.1, 0.15) is 11.8 Å². The molecule has 0 fully saturated rings. The van der Waals surface area contributed by atoms with E-state index in [-0.39, 0.29) is 5.91 Å². The largest absolute Gasteiger partial charge is 0.493 e. The number of carbonyl (C=O) groups is 1. The molecule has 3 aromatic rings. The van der Waals surface area contributed by atoms with Gasteiger partial charge in [0, 0.05) is 22.7 Å². The van der Waals surface area contributed by atoms with Gasteiger partial charge in [-0.05, 0) is 50.5 Å². The molecule has 7 nitrogen and oxygen atoms in total. The number of amides is 1. The minimum Gasteiger partial charge on any atom is -0.493 e. The SMILES string of the molecule is CCCCOc1ccccc1C1C(C(=O)Nc2cccc(C)c2)=C(C)Nc2nc(SCCCC)nn21. The Balaban J connectivity index is 1.75. The molecule has 2 N–H and O–H groups in total. The Bertz CT molecular complexity index is 1240. The molecule has 0 radical (unpaired) electrons. The summed E-state index contributed by atoms with van der Waals surface area (Å²) >= 11 is 1.64. The monoisotopic (exact) mass is 505 g/mol. The van der Waals surface area contributed by atoms with Crippen LogP contribution in [0.4, 0.5) is 11.6 Å². The van der Waals surface area contributed by atoms with Gasteiger partial charge in [-0.1, -0.05) is 68.8 Å². The van der Waals surface area contributed by atoms with Crippen LogP contribution in [0.5, 0.6) is 5.75 Å². The van der Waals surface area contributed by atoms with Crippen LogP contribution < -0.4 is 15.4 Å². The van der Waals surface area contributed by atoms with Gasteiger partial charge in [-0.3, -0.25) is 4.79 Å². The van der Waals surface area contributed by atoms with Gasteiger partial charge in [-0.25, -0.2) is 4.68 Å². The zero-order valence-electron chi connectivity index (χ0n) is 21.5. The fraction of sp³-hybridized carbons (Fsp3) is 0.393. The molecule has 190 valence electrons. The molecule has 0 saturated heterocycles. The van der Waals surface area contributed by atoms with Crippen molar-refractivity contribution in [3.8, 4) is 5.75 Å². The van der Waals surface area contributed by atoms with E-state index in [0.29, 0.717) is 23.3 Å². The van der Waals surface area contributed by atoms with Crippen LogP contribution in [0.3, 0.4) is 0 Å². The summed E-state index contributed by atoms with van der Waals surface area (Å²) < 4.78 is 8.02. The molecule has 0 spiro atoms. The number of nitrogens with one attached hydrogen (secondary N) is 2. The second-order valence-electron chi connectivity index (χ2n) is 8.99. The van der Waals surface area contributed by atoms with E-state index in [1.807, 2.05) is 67.1 Å². The Morgan fingerprint density at radius 1 is 1.11 bits per heavy atom. The molecular weight excluding hydrogens is 470 g/mol. The number of carbonyl (C=O) groups excluding carboxylic acids is 1. The average molecular weight is 506 g/mol. The molecule has 0 saturated carbocycles. The van der Waals surface area contributed by atoms with Crippen LogP contribution in [0.2, 0.25) is 0 Å². The highest BCUT2D eigenvalue weighted by atomic mass is 32.2. The van der Waals surface area contributed by atoms with Crippen LogP contribution in [-0.4, -0.2) is 33.0 Å². The zero-order valence-corrected chi connectivity index (χ0v) is 22.3. The predicted octanol–water partition coefficient (Wildman–Crippen LogP) is 6.59. The van der Waals surface area contributed by atoms with Crippen LogP contribution in [0.1, 0.15) is 63.6 Å². The van der Waals surface area contributed by atoms with Crippen molar-refractivity contribution < 1.29 is 9.53 Å². The summed E-state index contributed by atoms with van der Waals surface area (Å²) in [4.78, 5) is 18.5. The molecule has 2 aromatic carbocycles. The highest BCUT2D eigenvalue weighted by molar-refractivity contribution is 7.99. The first-order valence-electron chi connectivity index (χ1n) is 12.7. The summed E-state index contributed by atoms with van der Waals surface area (Å²) in [5, 5.41) is 12.0. The number of nitrogens with zero attached hydrogens (tertiary/aromatic N) is 3. The normalized spacial score (nSPS) is 14.8. The fourth-order valence-electron chi connectivity index (χ4n) is 4.17. The van der Waals surface area contributed by atoms with Gasteiger partial charge in [0.25, 0.3) is 5.91 Å². The third kappa shape index (κ3) is 5.93. The second kappa shape index (κ2) is 12.1. The molecule has 36 heavy (non-hydrogen) atoms. The number of anilines is 2. The van der Waals surface area contributed by atoms with Gasteiger partial charge < -0.3 is 15.4 Å². The van der Waals surface area contributed by atoms with Crippen LogP contribution >= 0.6 is 11.8 Å². The number of thioether (sulfide) groups is 1. The fourth-order valence-corrected chi connectivity index (χ4v) is 5.08. The number of aryl methyl sites for hydroxylation is 1. The first-order valence-corrected chi connectivity index (χ1v) is 13.7. The van der Waals surface area contributed by atoms with Crippen molar-refractivity contribution in [3.05, 3.63) is 70.9 Å². The first kappa shape index (κ1) is 25.8. The predicted molar refractivity (Wildman–Crippen MR) is 147 cm³/mol. The van der Waals surface area contributed by atoms with E-state index in [0.717, 1.165) is 59.7 Å². The molecular formula is C28H35N5O2S. The van der Waals surface area contributed by atoms with Crippen molar-refractivity contribution in [3.63, 3.8) is 0 Å². The van der Waals surface area contributed by atoms with E-state index in [2.05, 4.69) is 24.5 Å². The van der Waals surface area contributed by atoms with Crippen molar-refractivity contribution in [2.45, 2.75) is 64.6 Å². The van der Waals surface area contributed by atoms with Crippen molar-refractivity contribution >= 4 is 29.3 Å². The lowest BCUT2D eigenvalue weighted by molar-refractivity contribution is -0.113. The van der Waals surface area contributed by atoms with Crippen LogP contribution in [0.15, 0.2) is 65.0 Å².